The van der Waals surface area contributed by atoms with E-state index in [1.165, 1.54) is 18.4 Å². The van der Waals surface area contributed by atoms with Crippen LogP contribution in [-0.4, -0.2) is 11.6 Å². The van der Waals surface area contributed by atoms with Crippen molar-refractivity contribution >= 4 is 21.7 Å². The van der Waals surface area contributed by atoms with Gasteiger partial charge in [-0.1, -0.05) is 0 Å². The molecule has 0 radical (unpaired) electrons. The van der Waals surface area contributed by atoms with Crippen molar-refractivity contribution in [3.63, 3.8) is 0 Å². The van der Waals surface area contributed by atoms with Gasteiger partial charge in [0.1, 0.15) is 5.76 Å². The molecule has 0 aromatic carbocycles. The molecule has 2 nitrogen and oxygen atoms in total. The highest BCUT2D eigenvalue weighted by Gasteiger charge is 2.22. The molecule has 13 heavy (non-hydrogen) atoms. The zero-order valence-electron chi connectivity index (χ0n) is 7.56. The summed E-state index contributed by atoms with van der Waals surface area (Å²) in [6.07, 6.45) is 4.28. The van der Waals surface area contributed by atoms with Crippen LogP contribution < -0.4 is 0 Å². The number of hydrogen-bond acceptors (Lipinski definition) is 1. The summed E-state index contributed by atoms with van der Waals surface area (Å²) < 4.78 is 6.69. The molecule has 1 aromatic rings. The molecule has 70 valence electrons. The van der Waals surface area contributed by atoms with Gasteiger partial charge >= 0.3 is 0 Å². The standard InChI is InChI=1S/C10H12BrNO/c1-2-13-10(7-3-4-7)9-8(11)5-6-12-9/h5-6,12H,2-4H2,1H3. The Bertz CT molecular complexity index is 334. The second kappa shape index (κ2) is 3.58. The maximum atomic E-state index is 5.61. The maximum Gasteiger partial charge on any atom is 0.143 e. The van der Waals surface area contributed by atoms with Crippen LogP contribution in [0, 0.1) is 0 Å². The van der Waals surface area contributed by atoms with Gasteiger partial charge in [-0.15, -0.1) is 0 Å². The summed E-state index contributed by atoms with van der Waals surface area (Å²) in [7, 11) is 0. The van der Waals surface area contributed by atoms with Crippen LogP contribution in [0.15, 0.2) is 22.3 Å². The zero-order valence-corrected chi connectivity index (χ0v) is 9.15. The number of ether oxygens (including phenoxy) is 1. The fraction of sp³-hybridized carbons (Fsp3) is 0.400. The molecule has 0 bridgehead atoms. The van der Waals surface area contributed by atoms with E-state index in [9.17, 15) is 0 Å². The van der Waals surface area contributed by atoms with Gasteiger partial charge in [0.2, 0.25) is 0 Å². The van der Waals surface area contributed by atoms with Gasteiger partial charge in [-0.05, 0) is 47.3 Å². The van der Waals surface area contributed by atoms with Crippen LogP contribution >= 0.6 is 15.9 Å². The molecule has 0 amide bonds. The topological polar surface area (TPSA) is 25.0 Å². The molecule has 0 saturated heterocycles. The molecule has 0 spiro atoms. The highest BCUT2D eigenvalue weighted by molar-refractivity contribution is 9.10. The minimum atomic E-state index is 0.726. The highest BCUT2D eigenvalue weighted by atomic mass is 79.9. The SMILES string of the molecule is CCOC(=C1CC1)c1[nH]ccc1Br. The number of nitrogens with one attached hydrogen (secondary N) is 1. The predicted octanol–water partition coefficient (Wildman–Crippen LogP) is 3.32. The van der Waals surface area contributed by atoms with E-state index < -0.39 is 0 Å². The normalized spacial score (nSPS) is 14.5. The molecule has 0 atom stereocenters. The highest BCUT2D eigenvalue weighted by Crippen LogP contribution is 2.38. The van der Waals surface area contributed by atoms with Crippen LogP contribution in [0.4, 0.5) is 0 Å². The molecular weight excluding hydrogens is 230 g/mol. The summed E-state index contributed by atoms with van der Waals surface area (Å²) in [5.74, 6) is 1.04. The number of H-pyrrole nitrogens is 1. The van der Waals surface area contributed by atoms with Crippen LogP contribution in [0.1, 0.15) is 25.5 Å². The van der Waals surface area contributed by atoms with Gasteiger partial charge in [0.05, 0.1) is 12.3 Å². The maximum absolute atomic E-state index is 5.61. The lowest BCUT2D eigenvalue weighted by Gasteiger charge is -2.06. The predicted molar refractivity (Wildman–Crippen MR) is 56.3 cm³/mol. The third-order valence-corrected chi connectivity index (χ3v) is 2.69. The zero-order chi connectivity index (χ0) is 9.26. The minimum Gasteiger partial charge on any atom is -0.492 e. The lowest BCUT2D eigenvalue weighted by molar-refractivity contribution is 0.295. The van der Waals surface area contributed by atoms with E-state index in [4.69, 9.17) is 4.74 Å². The molecule has 1 fully saturated rings. The Morgan fingerprint density at radius 1 is 1.62 bits per heavy atom. The Labute approximate surface area is 86.1 Å². The van der Waals surface area contributed by atoms with E-state index in [1.54, 1.807) is 0 Å². The molecule has 1 aromatic heterocycles. The van der Waals surface area contributed by atoms with Crippen molar-refractivity contribution in [2.45, 2.75) is 19.8 Å². The van der Waals surface area contributed by atoms with E-state index in [-0.39, 0.29) is 0 Å². The van der Waals surface area contributed by atoms with Crippen LogP contribution in [0.3, 0.4) is 0 Å². The van der Waals surface area contributed by atoms with E-state index in [2.05, 4.69) is 20.9 Å². The van der Waals surface area contributed by atoms with E-state index in [1.807, 2.05) is 19.2 Å². The van der Waals surface area contributed by atoms with Crippen LogP contribution in [0.2, 0.25) is 0 Å². The van der Waals surface area contributed by atoms with Crippen molar-refractivity contribution in [3.05, 3.63) is 28.0 Å². The van der Waals surface area contributed by atoms with Crippen LogP contribution in [0.5, 0.6) is 0 Å². The average molecular weight is 242 g/mol. The lowest BCUT2D eigenvalue weighted by atomic mass is 10.3. The molecule has 1 N–H and O–H groups in total. The number of aromatic nitrogens is 1. The van der Waals surface area contributed by atoms with Gasteiger partial charge in [-0.3, -0.25) is 0 Å². The van der Waals surface area contributed by atoms with Crippen LogP contribution in [-0.2, 0) is 4.74 Å². The molecule has 2 rings (SSSR count). The number of aromatic amines is 1. The molecule has 1 heterocycles. The summed E-state index contributed by atoms with van der Waals surface area (Å²) in [6.45, 7) is 2.74. The Hall–Kier alpha value is -0.700. The monoisotopic (exact) mass is 241 g/mol. The Morgan fingerprint density at radius 3 is 2.85 bits per heavy atom. The minimum absolute atomic E-state index is 0.726. The van der Waals surface area contributed by atoms with E-state index >= 15 is 0 Å². The average Bonchev–Trinajstić information content (AvgIpc) is 2.86. The second-order valence-corrected chi connectivity index (χ2v) is 3.92. The molecule has 3 heteroatoms. The third-order valence-electron chi connectivity index (χ3n) is 2.03. The Morgan fingerprint density at radius 2 is 2.38 bits per heavy atom. The van der Waals surface area contributed by atoms with Gasteiger partial charge < -0.3 is 9.72 Å². The summed E-state index contributed by atoms with van der Waals surface area (Å²) in [4.78, 5) is 3.18. The van der Waals surface area contributed by atoms with Gasteiger partial charge in [0.25, 0.3) is 0 Å². The summed E-state index contributed by atoms with van der Waals surface area (Å²) in [6, 6.07) is 2.00. The molecule has 0 unspecified atom stereocenters. The van der Waals surface area contributed by atoms with Crippen molar-refractivity contribution in [2.24, 2.45) is 0 Å². The van der Waals surface area contributed by atoms with E-state index in [0.717, 1.165) is 22.5 Å². The molecule has 1 aliphatic carbocycles. The summed E-state index contributed by atoms with van der Waals surface area (Å²) in [5, 5.41) is 0. The summed E-state index contributed by atoms with van der Waals surface area (Å²) >= 11 is 3.49. The lowest BCUT2D eigenvalue weighted by Crippen LogP contribution is -1.92. The quantitative estimate of drug-likeness (QED) is 0.808. The number of hydrogen-bond donors (Lipinski definition) is 1. The number of halogens is 1. The first-order valence-electron chi connectivity index (χ1n) is 4.51. The second-order valence-electron chi connectivity index (χ2n) is 3.07. The van der Waals surface area contributed by atoms with E-state index in [0.29, 0.717) is 0 Å². The molecule has 1 saturated carbocycles. The van der Waals surface area contributed by atoms with Crippen molar-refractivity contribution < 1.29 is 4.74 Å². The number of rotatable bonds is 3. The van der Waals surface area contributed by atoms with Gasteiger partial charge in [0.15, 0.2) is 0 Å². The van der Waals surface area contributed by atoms with Crippen molar-refractivity contribution in [3.8, 4) is 0 Å². The Balaban J connectivity index is 2.32. The summed E-state index contributed by atoms with van der Waals surface area (Å²) in [5.41, 5.74) is 2.50. The van der Waals surface area contributed by atoms with Gasteiger partial charge in [0, 0.05) is 10.7 Å². The first-order valence-corrected chi connectivity index (χ1v) is 5.30. The van der Waals surface area contributed by atoms with Crippen LogP contribution in [0.25, 0.3) is 5.76 Å². The molecule has 1 aliphatic rings. The largest absolute Gasteiger partial charge is 0.492 e. The van der Waals surface area contributed by atoms with Crippen molar-refractivity contribution in [2.75, 3.05) is 6.61 Å². The first kappa shape index (κ1) is 8.88. The van der Waals surface area contributed by atoms with Gasteiger partial charge in [-0.25, -0.2) is 0 Å². The third kappa shape index (κ3) is 1.80. The Kier molecular flexibility index (Phi) is 2.44. The fourth-order valence-corrected chi connectivity index (χ4v) is 1.74. The van der Waals surface area contributed by atoms with Crippen molar-refractivity contribution in [1.29, 1.82) is 0 Å². The fourth-order valence-electron chi connectivity index (χ4n) is 1.31. The smallest absolute Gasteiger partial charge is 0.143 e. The van der Waals surface area contributed by atoms with Crippen molar-refractivity contribution in [1.82, 2.24) is 4.98 Å². The molecule has 0 aliphatic heterocycles. The van der Waals surface area contributed by atoms with Gasteiger partial charge in [-0.2, -0.15) is 0 Å². The number of allylic oxidation sites excluding steroid dienone is 1. The molecular formula is C10H12BrNO. The first-order chi connectivity index (χ1) is 6.33.